The van der Waals surface area contributed by atoms with Gasteiger partial charge in [-0.25, -0.2) is 0 Å². The van der Waals surface area contributed by atoms with Crippen LogP contribution in [-0.4, -0.2) is 61.9 Å². The molecule has 296 valence electrons. The Morgan fingerprint density at radius 2 is 0.719 bits per heavy atom. The van der Waals surface area contributed by atoms with Gasteiger partial charge in [-0.1, -0.05) is 135 Å². The molecule has 0 radical (unpaired) electrons. The molecule has 0 spiro atoms. The number of nitrogens with one attached hydrogen (secondary N) is 3. The van der Waals surface area contributed by atoms with Gasteiger partial charge >= 0.3 is 0 Å². The predicted octanol–water partition coefficient (Wildman–Crippen LogP) is 10.2. The highest BCUT2D eigenvalue weighted by Gasteiger charge is 2.39. The van der Waals surface area contributed by atoms with Crippen molar-refractivity contribution in [3.05, 3.63) is 178 Å². The molecule has 0 amide bonds. The van der Waals surface area contributed by atoms with E-state index in [1.54, 1.807) is 0 Å². The molecule has 0 saturated heterocycles. The van der Waals surface area contributed by atoms with E-state index in [1.165, 1.54) is 16.7 Å². The zero-order valence-electron chi connectivity index (χ0n) is 32.1. The van der Waals surface area contributed by atoms with Gasteiger partial charge in [-0.05, 0) is 59.5 Å². The molecule has 0 aliphatic carbocycles. The highest BCUT2D eigenvalue weighted by Crippen LogP contribution is 2.41. The molecule has 0 bridgehead atoms. The number of thiocarbonyl (C=S) groups is 3. The van der Waals surface area contributed by atoms with E-state index in [4.69, 9.17) is 36.7 Å². The van der Waals surface area contributed by atoms with E-state index >= 15 is 0 Å². The molecular weight excluding hydrogens is 817 g/mol. The number of aromatic nitrogens is 3. The van der Waals surface area contributed by atoms with E-state index in [0.717, 1.165) is 60.2 Å². The van der Waals surface area contributed by atoms with Crippen molar-refractivity contribution in [2.75, 3.05) is 19.6 Å². The summed E-state index contributed by atoms with van der Waals surface area (Å²) in [5.74, 6) is 0. The molecule has 0 saturated carbocycles. The number of thiol groups is 3. The van der Waals surface area contributed by atoms with Crippen LogP contribution in [0.2, 0.25) is 0 Å². The molecule has 6 aromatic rings. The lowest BCUT2D eigenvalue weighted by atomic mass is 9.76. The minimum absolute atomic E-state index is 0.538. The van der Waals surface area contributed by atoms with E-state index < -0.39 is 5.41 Å². The average Bonchev–Trinajstić information content (AvgIpc) is 3.96. The lowest BCUT2D eigenvalue weighted by Crippen LogP contribution is -2.31. The number of hydrogen-bond acceptors (Lipinski definition) is 6. The van der Waals surface area contributed by atoms with Crippen LogP contribution >= 0.6 is 74.5 Å². The molecule has 0 fully saturated rings. The lowest BCUT2D eigenvalue weighted by Gasteiger charge is -2.31. The van der Waals surface area contributed by atoms with E-state index in [1.807, 2.05) is 18.2 Å². The van der Waals surface area contributed by atoms with Gasteiger partial charge in [0.25, 0.3) is 0 Å². The zero-order valence-corrected chi connectivity index (χ0v) is 37.2. The number of hydrogen-bond donors (Lipinski definition) is 6. The van der Waals surface area contributed by atoms with Crippen LogP contribution in [0.1, 0.15) is 64.2 Å². The van der Waals surface area contributed by atoms with Crippen LogP contribution < -0.4 is 0 Å². The van der Waals surface area contributed by atoms with E-state index in [2.05, 4.69) is 184 Å². The Kier molecular flexibility index (Phi) is 16.0. The first-order chi connectivity index (χ1) is 27.6. The Balaban J connectivity index is 1.34. The van der Waals surface area contributed by atoms with Crippen molar-refractivity contribution in [3.63, 3.8) is 0 Å². The summed E-state index contributed by atoms with van der Waals surface area (Å²) in [6.07, 6.45) is 0.796. The van der Waals surface area contributed by atoms with E-state index in [0.29, 0.717) is 51.9 Å². The molecule has 6 nitrogen and oxygen atoms in total. The number of H-pyrrole nitrogens is 3. The number of rotatable bonds is 22. The van der Waals surface area contributed by atoms with Crippen LogP contribution in [0.15, 0.2) is 127 Å². The molecule has 0 unspecified atom stereocenters. The maximum absolute atomic E-state index is 5.47. The van der Waals surface area contributed by atoms with Crippen LogP contribution in [0.25, 0.3) is 0 Å². The van der Waals surface area contributed by atoms with Gasteiger partial charge in [-0.2, -0.15) is 0 Å². The van der Waals surface area contributed by atoms with Gasteiger partial charge < -0.3 is 15.0 Å². The highest BCUT2D eigenvalue weighted by molar-refractivity contribution is 8.11. The van der Waals surface area contributed by atoms with Gasteiger partial charge in [-0.15, -0.1) is 37.9 Å². The third-order valence-corrected chi connectivity index (χ3v) is 11.0. The van der Waals surface area contributed by atoms with Gasteiger partial charge in [0.1, 0.15) is 0 Å². The van der Waals surface area contributed by atoms with Crippen LogP contribution in [0.5, 0.6) is 0 Å². The second-order valence-electron chi connectivity index (χ2n) is 14.5. The summed E-state index contributed by atoms with van der Waals surface area (Å²) in [7, 11) is 0. The molecule has 3 N–H and O–H groups in total. The summed E-state index contributed by atoms with van der Waals surface area (Å²) in [4.78, 5) is 18.6. The van der Waals surface area contributed by atoms with Crippen LogP contribution in [-0.2, 0) is 44.7 Å². The summed E-state index contributed by atoms with van der Waals surface area (Å²) in [5, 5.41) is 0. The molecule has 12 heteroatoms. The molecular formula is C45H50N6S6. The van der Waals surface area contributed by atoms with Crippen molar-refractivity contribution in [2.45, 2.75) is 58.0 Å². The molecule has 6 rings (SSSR count). The fourth-order valence-electron chi connectivity index (χ4n) is 7.68. The number of aromatic amines is 3. The third kappa shape index (κ3) is 12.4. The summed E-state index contributed by atoms with van der Waals surface area (Å²) in [6, 6.07) is 44.8. The summed E-state index contributed by atoms with van der Waals surface area (Å²) >= 11 is 30.0. The normalized spacial score (nSPS) is 11.8. The van der Waals surface area contributed by atoms with E-state index in [-0.39, 0.29) is 0 Å². The predicted molar refractivity (Wildman–Crippen MR) is 259 cm³/mol. The Morgan fingerprint density at radius 1 is 0.439 bits per heavy atom. The Morgan fingerprint density at radius 3 is 0.965 bits per heavy atom. The first-order valence-corrected chi connectivity index (χ1v) is 21.7. The van der Waals surface area contributed by atoms with Crippen LogP contribution in [0, 0.1) is 0 Å². The quantitative estimate of drug-likeness (QED) is 0.0302. The van der Waals surface area contributed by atoms with E-state index in [9.17, 15) is 0 Å². The fraction of sp³-hybridized carbons (Fsp3) is 0.267. The smallest absolute Gasteiger partial charge is 0.0898 e. The maximum Gasteiger partial charge on any atom is 0.0898 e. The largest absolute Gasteiger partial charge is 0.360 e. The SMILES string of the molecule is CCC(c1ccc(CN(CC(=S)S)Cc2ccccc2)[nH]1)(c1ccc(CN(CC(=S)S)Cc2ccccc2)[nH]1)c1ccc(CN(CC(=S)S)Cc2ccccc2)[nH]1. The Hall–Kier alpha value is -3.30. The molecule has 3 aromatic carbocycles. The zero-order chi connectivity index (χ0) is 40.2. The van der Waals surface area contributed by atoms with Crippen molar-refractivity contribution in [2.24, 2.45) is 0 Å². The molecule has 0 atom stereocenters. The van der Waals surface area contributed by atoms with Crippen LogP contribution in [0.4, 0.5) is 0 Å². The molecule has 57 heavy (non-hydrogen) atoms. The second kappa shape index (κ2) is 21.1. The molecule has 0 aliphatic rings. The number of nitrogens with zero attached hydrogens (tertiary/aromatic N) is 3. The van der Waals surface area contributed by atoms with Crippen molar-refractivity contribution >= 4 is 87.1 Å². The Bertz CT molecular complexity index is 1950. The molecule has 3 aromatic heterocycles. The lowest BCUT2D eigenvalue weighted by molar-refractivity contribution is 0.293. The van der Waals surface area contributed by atoms with Crippen molar-refractivity contribution < 1.29 is 0 Å². The Labute approximate surface area is 370 Å². The summed E-state index contributed by atoms with van der Waals surface area (Å²) in [5.41, 5.74) is 9.78. The van der Waals surface area contributed by atoms with Crippen molar-refractivity contribution in [3.8, 4) is 0 Å². The topological polar surface area (TPSA) is 57.1 Å². The van der Waals surface area contributed by atoms with Gasteiger partial charge in [0.05, 0.1) is 18.0 Å². The van der Waals surface area contributed by atoms with Gasteiger partial charge in [-0.3, -0.25) is 14.7 Å². The highest BCUT2D eigenvalue weighted by atomic mass is 32.1. The summed E-state index contributed by atoms with van der Waals surface area (Å²) < 4.78 is 2.00. The van der Waals surface area contributed by atoms with Crippen LogP contribution in [0.3, 0.4) is 0 Å². The fourth-order valence-corrected chi connectivity index (χ4v) is 8.82. The molecule has 0 aliphatic heterocycles. The second-order valence-corrected chi connectivity index (χ2v) is 18.5. The third-order valence-electron chi connectivity index (χ3n) is 10.2. The monoisotopic (exact) mass is 866 g/mol. The maximum atomic E-state index is 5.47. The standard InChI is InChI=1S/C45H50N6S6/c1-2-45(39-21-18-36(46-39)27-49(30-42(52)53)24-33-12-6-3-7-13-33,40-22-19-37(47-40)28-50(31-43(54)55)25-34-14-8-4-9-15-34)41-23-20-38(48-41)29-51(32-44(56)57)26-35-16-10-5-11-17-35/h3-23,46-48H,2,24-32H2,1H3,(H,52,53)(H,54,55)(H,56,57). The van der Waals surface area contributed by atoms with Gasteiger partial charge in [0.2, 0.25) is 0 Å². The summed E-state index contributed by atoms with van der Waals surface area (Å²) in [6.45, 7) is 8.43. The first-order valence-electron chi connectivity index (χ1n) is 19.1. The van der Waals surface area contributed by atoms with Gasteiger partial charge in [0.15, 0.2) is 0 Å². The minimum atomic E-state index is -0.538. The first kappa shape index (κ1) is 43.3. The van der Waals surface area contributed by atoms with Crippen molar-refractivity contribution in [1.29, 1.82) is 0 Å². The average molecular weight is 867 g/mol. The minimum Gasteiger partial charge on any atom is -0.360 e. The van der Waals surface area contributed by atoms with Crippen molar-refractivity contribution in [1.82, 2.24) is 29.7 Å². The molecule has 3 heterocycles. The van der Waals surface area contributed by atoms with Gasteiger partial charge in [0, 0.05) is 93.1 Å². The number of benzene rings is 3.